The van der Waals surface area contributed by atoms with E-state index in [0.717, 1.165) is 0 Å². The second-order valence-electron chi connectivity index (χ2n) is 5.39. The maximum atomic E-state index is 14.4. The van der Waals surface area contributed by atoms with E-state index in [1.165, 1.54) is 10.6 Å². The molecule has 1 aromatic heterocycles. The number of aliphatic imine (C=N–C) groups is 1. The summed E-state index contributed by atoms with van der Waals surface area (Å²) in [5.41, 5.74) is 0.0624. The van der Waals surface area contributed by atoms with Crippen molar-refractivity contribution in [2.24, 2.45) is 4.99 Å². The SMILES string of the molecule is O=c1[nH]nc2n(c1=O)-c1cccc(Br)c1C(c1ccccc1F)=NC2. The predicted octanol–water partition coefficient (Wildman–Crippen LogP) is 2.17. The fourth-order valence-corrected chi connectivity index (χ4v) is 3.37. The van der Waals surface area contributed by atoms with Gasteiger partial charge in [-0.1, -0.05) is 34.1 Å². The van der Waals surface area contributed by atoms with Gasteiger partial charge in [0.05, 0.1) is 11.4 Å². The number of aromatic nitrogens is 3. The third-order valence-electron chi connectivity index (χ3n) is 3.92. The largest absolute Gasteiger partial charge is 0.330 e. The summed E-state index contributed by atoms with van der Waals surface area (Å²) < 4.78 is 16.2. The topological polar surface area (TPSA) is 80.1 Å². The molecule has 0 bridgehead atoms. The van der Waals surface area contributed by atoms with Gasteiger partial charge in [-0.25, -0.2) is 9.49 Å². The Morgan fingerprint density at radius 2 is 1.92 bits per heavy atom. The van der Waals surface area contributed by atoms with Gasteiger partial charge in [-0.2, -0.15) is 5.10 Å². The van der Waals surface area contributed by atoms with Gasteiger partial charge < -0.3 is 0 Å². The van der Waals surface area contributed by atoms with E-state index in [2.05, 4.69) is 31.1 Å². The Kier molecular flexibility index (Phi) is 3.69. The van der Waals surface area contributed by atoms with Crippen LogP contribution in [0.3, 0.4) is 0 Å². The van der Waals surface area contributed by atoms with Crippen LogP contribution in [-0.4, -0.2) is 20.5 Å². The highest BCUT2D eigenvalue weighted by Gasteiger charge is 2.24. The summed E-state index contributed by atoms with van der Waals surface area (Å²) >= 11 is 3.45. The maximum Gasteiger partial charge on any atom is 0.330 e. The molecular formula is C17H10BrFN4O2. The number of aromatic amines is 1. The van der Waals surface area contributed by atoms with Gasteiger partial charge in [0.15, 0.2) is 5.82 Å². The van der Waals surface area contributed by atoms with Crippen LogP contribution in [0.4, 0.5) is 4.39 Å². The molecule has 0 atom stereocenters. The summed E-state index contributed by atoms with van der Waals surface area (Å²) in [5.74, 6) is -0.152. The van der Waals surface area contributed by atoms with Crippen LogP contribution in [0, 0.1) is 5.82 Å². The fourth-order valence-electron chi connectivity index (χ4n) is 2.82. The van der Waals surface area contributed by atoms with Crippen molar-refractivity contribution in [2.45, 2.75) is 6.54 Å². The highest BCUT2D eigenvalue weighted by atomic mass is 79.9. The van der Waals surface area contributed by atoms with E-state index in [1.54, 1.807) is 36.4 Å². The molecule has 0 fully saturated rings. The van der Waals surface area contributed by atoms with Gasteiger partial charge in [-0.05, 0) is 24.3 Å². The molecule has 0 saturated heterocycles. The zero-order valence-electron chi connectivity index (χ0n) is 12.7. The lowest BCUT2D eigenvalue weighted by molar-refractivity contribution is 0.625. The molecule has 0 saturated carbocycles. The van der Waals surface area contributed by atoms with E-state index >= 15 is 0 Å². The van der Waals surface area contributed by atoms with E-state index in [-0.39, 0.29) is 12.4 Å². The minimum absolute atomic E-state index is 0.0246. The Morgan fingerprint density at radius 1 is 1.12 bits per heavy atom. The van der Waals surface area contributed by atoms with Gasteiger partial charge in [0, 0.05) is 15.6 Å². The lowest BCUT2D eigenvalue weighted by Gasteiger charge is -2.14. The molecule has 124 valence electrons. The minimum Gasteiger partial charge on any atom is -0.276 e. The molecule has 0 amide bonds. The van der Waals surface area contributed by atoms with Crippen molar-refractivity contribution in [2.75, 3.05) is 0 Å². The molecule has 6 nitrogen and oxygen atoms in total. The van der Waals surface area contributed by atoms with Crippen molar-refractivity contribution >= 4 is 21.6 Å². The van der Waals surface area contributed by atoms with E-state index < -0.39 is 16.9 Å². The molecule has 0 unspecified atom stereocenters. The van der Waals surface area contributed by atoms with Crippen molar-refractivity contribution in [3.8, 4) is 5.69 Å². The number of H-pyrrole nitrogens is 1. The third-order valence-corrected chi connectivity index (χ3v) is 4.58. The molecule has 1 N–H and O–H groups in total. The average Bonchev–Trinajstić information content (AvgIpc) is 2.77. The zero-order valence-corrected chi connectivity index (χ0v) is 14.2. The molecule has 2 heterocycles. The first-order valence-corrected chi connectivity index (χ1v) is 8.16. The highest BCUT2D eigenvalue weighted by Crippen LogP contribution is 2.29. The predicted molar refractivity (Wildman–Crippen MR) is 93.9 cm³/mol. The van der Waals surface area contributed by atoms with Crippen LogP contribution in [0.5, 0.6) is 0 Å². The second-order valence-corrected chi connectivity index (χ2v) is 6.24. The smallest absolute Gasteiger partial charge is 0.276 e. The van der Waals surface area contributed by atoms with E-state index in [4.69, 9.17) is 0 Å². The maximum absolute atomic E-state index is 14.4. The summed E-state index contributed by atoms with van der Waals surface area (Å²) in [4.78, 5) is 28.6. The first kappa shape index (κ1) is 15.6. The van der Waals surface area contributed by atoms with Crippen LogP contribution in [-0.2, 0) is 6.54 Å². The Bertz CT molecular complexity index is 1150. The summed E-state index contributed by atoms with van der Waals surface area (Å²) in [5, 5.41) is 6.10. The Labute approximate surface area is 148 Å². The summed E-state index contributed by atoms with van der Waals surface area (Å²) in [7, 11) is 0. The molecule has 2 aromatic carbocycles. The number of halogens is 2. The van der Waals surface area contributed by atoms with Crippen molar-refractivity contribution in [3.05, 3.63) is 90.4 Å². The molecule has 3 aromatic rings. The van der Waals surface area contributed by atoms with Crippen LogP contribution in [0.25, 0.3) is 5.69 Å². The molecule has 25 heavy (non-hydrogen) atoms. The number of fused-ring (bicyclic) bond motifs is 3. The number of hydrogen-bond donors (Lipinski definition) is 1. The molecule has 4 rings (SSSR count). The van der Waals surface area contributed by atoms with Crippen LogP contribution in [0.2, 0.25) is 0 Å². The van der Waals surface area contributed by atoms with Gasteiger partial charge in [0.25, 0.3) is 0 Å². The van der Waals surface area contributed by atoms with Gasteiger partial charge in [0.1, 0.15) is 12.4 Å². The average molecular weight is 401 g/mol. The normalized spacial score (nSPS) is 12.8. The first-order chi connectivity index (χ1) is 12.1. The van der Waals surface area contributed by atoms with Gasteiger partial charge in [-0.3, -0.25) is 19.1 Å². The number of rotatable bonds is 1. The molecular weight excluding hydrogens is 391 g/mol. The molecule has 0 radical (unpaired) electrons. The van der Waals surface area contributed by atoms with Gasteiger partial charge >= 0.3 is 11.1 Å². The fraction of sp³-hybridized carbons (Fsp3) is 0.0588. The second kappa shape index (κ2) is 5.89. The van der Waals surface area contributed by atoms with Gasteiger partial charge in [-0.15, -0.1) is 0 Å². The van der Waals surface area contributed by atoms with Crippen molar-refractivity contribution in [1.82, 2.24) is 14.8 Å². The lowest BCUT2D eigenvalue weighted by atomic mass is 10.00. The van der Waals surface area contributed by atoms with Crippen molar-refractivity contribution in [3.63, 3.8) is 0 Å². The van der Waals surface area contributed by atoms with Crippen LogP contribution in [0.1, 0.15) is 17.0 Å². The molecule has 0 spiro atoms. The first-order valence-electron chi connectivity index (χ1n) is 7.37. The van der Waals surface area contributed by atoms with E-state index in [9.17, 15) is 14.0 Å². The standard InChI is InChI=1S/C17H10BrFN4O2/c18-10-5-3-7-12-14(10)15(9-4-1-2-6-11(9)19)20-8-13-21-22-16(24)17(25)23(12)13/h1-7H,8H2,(H,22,24). The Hall–Kier alpha value is -2.87. The number of nitrogens with one attached hydrogen (secondary N) is 1. The van der Waals surface area contributed by atoms with Gasteiger partial charge in [0.2, 0.25) is 0 Å². The summed E-state index contributed by atoms with van der Waals surface area (Å²) in [6.07, 6.45) is 0. The monoisotopic (exact) mass is 400 g/mol. The molecule has 1 aliphatic rings. The molecule has 0 aliphatic carbocycles. The van der Waals surface area contributed by atoms with Crippen molar-refractivity contribution < 1.29 is 4.39 Å². The lowest BCUT2D eigenvalue weighted by Crippen LogP contribution is -2.38. The van der Waals surface area contributed by atoms with Crippen molar-refractivity contribution in [1.29, 1.82) is 0 Å². The number of benzene rings is 2. The van der Waals surface area contributed by atoms with Crippen LogP contribution in [0.15, 0.2) is 61.5 Å². The van der Waals surface area contributed by atoms with Crippen LogP contribution >= 0.6 is 15.9 Å². The quantitative estimate of drug-likeness (QED) is 0.635. The highest BCUT2D eigenvalue weighted by molar-refractivity contribution is 9.10. The Morgan fingerprint density at radius 3 is 2.72 bits per heavy atom. The summed E-state index contributed by atoms with van der Waals surface area (Å²) in [6, 6.07) is 11.4. The molecule has 1 aliphatic heterocycles. The third kappa shape index (κ3) is 2.45. The number of hydrogen-bond acceptors (Lipinski definition) is 4. The number of nitrogens with zero attached hydrogens (tertiary/aromatic N) is 3. The minimum atomic E-state index is -0.830. The Balaban J connectivity index is 2.11. The summed E-state index contributed by atoms with van der Waals surface area (Å²) in [6.45, 7) is 0.0246. The van der Waals surface area contributed by atoms with Crippen LogP contribution < -0.4 is 11.1 Å². The van der Waals surface area contributed by atoms with E-state index in [1.807, 2.05) is 0 Å². The zero-order chi connectivity index (χ0) is 17.6. The van der Waals surface area contributed by atoms with E-state index in [0.29, 0.717) is 27.0 Å². The molecule has 8 heteroatoms.